The van der Waals surface area contributed by atoms with Gasteiger partial charge < -0.3 is 11.1 Å². The Morgan fingerprint density at radius 2 is 1.81 bits per heavy atom. The minimum atomic E-state index is 0.127. The molecule has 1 amide bonds. The lowest BCUT2D eigenvalue weighted by atomic mass is 9.76. The fraction of sp³-hybridized carbons (Fsp3) is 0.611. The van der Waals surface area contributed by atoms with Crippen LogP contribution in [0.25, 0.3) is 0 Å². The number of carbonyl (C=O) groups is 1. The van der Waals surface area contributed by atoms with E-state index in [2.05, 4.69) is 57.3 Å². The zero-order valence-electron chi connectivity index (χ0n) is 13.9. The van der Waals surface area contributed by atoms with Crippen LogP contribution < -0.4 is 11.1 Å². The third-order valence-corrected chi connectivity index (χ3v) is 4.07. The molecule has 0 aromatic heterocycles. The molecule has 3 N–H and O–H groups in total. The maximum atomic E-state index is 12.0. The Balaban J connectivity index is 2.37. The van der Waals surface area contributed by atoms with Crippen molar-refractivity contribution in [2.45, 2.75) is 53.5 Å². The number of aryl methyl sites for hydroxylation is 1. The first-order chi connectivity index (χ1) is 9.82. The number of hydrogen-bond donors (Lipinski definition) is 2. The number of nitrogens with two attached hydrogens (primary N) is 1. The molecule has 1 unspecified atom stereocenters. The van der Waals surface area contributed by atoms with E-state index in [0.717, 1.165) is 18.4 Å². The van der Waals surface area contributed by atoms with Gasteiger partial charge in [-0.15, -0.1) is 0 Å². The van der Waals surface area contributed by atoms with Crippen LogP contribution in [0.3, 0.4) is 0 Å². The average Bonchev–Trinajstić information content (AvgIpc) is 2.41. The molecule has 0 aliphatic carbocycles. The molecule has 0 aliphatic heterocycles. The summed E-state index contributed by atoms with van der Waals surface area (Å²) >= 11 is 0. The van der Waals surface area contributed by atoms with Crippen LogP contribution in [0.4, 0.5) is 0 Å². The van der Waals surface area contributed by atoms with Gasteiger partial charge in [0.25, 0.3) is 0 Å². The molecule has 0 aliphatic rings. The highest BCUT2D eigenvalue weighted by Crippen LogP contribution is 2.31. The molecular weight excluding hydrogens is 260 g/mol. The number of amides is 1. The topological polar surface area (TPSA) is 55.1 Å². The Labute approximate surface area is 129 Å². The first kappa shape index (κ1) is 17.7. The van der Waals surface area contributed by atoms with Crippen molar-refractivity contribution in [2.75, 3.05) is 6.54 Å². The van der Waals surface area contributed by atoms with Crippen molar-refractivity contribution in [3.63, 3.8) is 0 Å². The molecule has 1 atom stereocenters. The van der Waals surface area contributed by atoms with Gasteiger partial charge in [0.2, 0.25) is 5.91 Å². The normalized spacial score (nSPS) is 13.0. The predicted octanol–water partition coefficient (Wildman–Crippen LogP) is 3.40. The number of carbonyl (C=O) groups excluding carboxylic acids is 1. The second-order valence-corrected chi connectivity index (χ2v) is 6.94. The maximum absolute atomic E-state index is 12.0. The molecule has 0 saturated carbocycles. The quantitative estimate of drug-likeness (QED) is 0.808. The van der Waals surface area contributed by atoms with Gasteiger partial charge in [0.05, 0.1) is 0 Å². The van der Waals surface area contributed by atoms with E-state index < -0.39 is 0 Å². The molecule has 0 fully saturated rings. The fourth-order valence-corrected chi connectivity index (χ4v) is 2.51. The summed E-state index contributed by atoms with van der Waals surface area (Å²) in [5.41, 5.74) is 8.26. The van der Waals surface area contributed by atoms with E-state index in [0.29, 0.717) is 25.4 Å². The monoisotopic (exact) mass is 290 g/mol. The van der Waals surface area contributed by atoms with E-state index in [1.165, 1.54) is 5.56 Å². The first-order valence-electron chi connectivity index (χ1n) is 7.85. The van der Waals surface area contributed by atoms with Crippen molar-refractivity contribution in [3.05, 3.63) is 35.4 Å². The van der Waals surface area contributed by atoms with Crippen molar-refractivity contribution in [1.29, 1.82) is 0 Å². The standard InChI is InChI=1S/C18H30N2O/c1-14-5-7-15(8-6-14)13-20-17(21)10-9-16(11-12-19)18(2,3)4/h5-8,16H,9-13,19H2,1-4H3,(H,20,21). The van der Waals surface area contributed by atoms with Gasteiger partial charge in [0, 0.05) is 13.0 Å². The van der Waals surface area contributed by atoms with Crippen LogP contribution in [-0.4, -0.2) is 12.5 Å². The van der Waals surface area contributed by atoms with Crippen LogP contribution >= 0.6 is 0 Å². The molecule has 0 spiro atoms. The average molecular weight is 290 g/mol. The maximum Gasteiger partial charge on any atom is 0.220 e. The van der Waals surface area contributed by atoms with Crippen LogP contribution in [0.1, 0.15) is 51.2 Å². The molecular formula is C18H30N2O. The lowest BCUT2D eigenvalue weighted by molar-refractivity contribution is -0.121. The molecule has 0 radical (unpaired) electrons. The number of benzene rings is 1. The van der Waals surface area contributed by atoms with Gasteiger partial charge in [0.15, 0.2) is 0 Å². The molecule has 1 rings (SSSR count). The van der Waals surface area contributed by atoms with Crippen molar-refractivity contribution in [2.24, 2.45) is 17.1 Å². The van der Waals surface area contributed by atoms with E-state index in [9.17, 15) is 4.79 Å². The van der Waals surface area contributed by atoms with Crippen molar-refractivity contribution in [3.8, 4) is 0 Å². The minimum absolute atomic E-state index is 0.127. The Morgan fingerprint density at radius 1 is 1.19 bits per heavy atom. The van der Waals surface area contributed by atoms with Gasteiger partial charge >= 0.3 is 0 Å². The molecule has 0 saturated heterocycles. The van der Waals surface area contributed by atoms with Crippen LogP contribution in [0.15, 0.2) is 24.3 Å². The molecule has 21 heavy (non-hydrogen) atoms. The van der Waals surface area contributed by atoms with E-state index in [1.807, 2.05) is 0 Å². The summed E-state index contributed by atoms with van der Waals surface area (Å²) in [6, 6.07) is 8.25. The van der Waals surface area contributed by atoms with Gasteiger partial charge in [-0.1, -0.05) is 50.6 Å². The lowest BCUT2D eigenvalue weighted by Gasteiger charge is -2.30. The van der Waals surface area contributed by atoms with Crippen LogP contribution in [0.5, 0.6) is 0 Å². The second-order valence-electron chi connectivity index (χ2n) is 6.94. The summed E-state index contributed by atoms with van der Waals surface area (Å²) < 4.78 is 0. The van der Waals surface area contributed by atoms with Crippen molar-refractivity contribution in [1.82, 2.24) is 5.32 Å². The highest BCUT2D eigenvalue weighted by Gasteiger charge is 2.24. The van der Waals surface area contributed by atoms with Crippen LogP contribution in [0.2, 0.25) is 0 Å². The summed E-state index contributed by atoms with van der Waals surface area (Å²) in [7, 11) is 0. The summed E-state index contributed by atoms with van der Waals surface area (Å²) in [5.74, 6) is 0.620. The molecule has 3 heteroatoms. The van der Waals surface area contributed by atoms with E-state index in [-0.39, 0.29) is 11.3 Å². The van der Waals surface area contributed by atoms with Crippen molar-refractivity contribution >= 4 is 5.91 Å². The Hall–Kier alpha value is -1.35. The number of hydrogen-bond acceptors (Lipinski definition) is 2. The van der Waals surface area contributed by atoms with E-state index in [1.54, 1.807) is 0 Å². The Kier molecular flexibility index (Phi) is 6.90. The minimum Gasteiger partial charge on any atom is -0.352 e. The van der Waals surface area contributed by atoms with Crippen molar-refractivity contribution < 1.29 is 4.79 Å². The lowest BCUT2D eigenvalue weighted by Crippen LogP contribution is -2.27. The fourth-order valence-electron chi connectivity index (χ4n) is 2.51. The molecule has 1 aromatic carbocycles. The SMILES string of the molecule is Cc1ccc(CNC(=O)CCC(CCN)C(C)(C)C)cc1. The third kappa shape index (κ3) is 6.76. The Morgan fingerprint density at radius 3 is 2.33 bits per heavy atom. The molecule has 0 bridgehead atoms. The van der Waals surface area contributed by atoms with Gasteiger partial charge in [-0.3, -0.25) is 4.79 Å². The summed E-state index contributed by atoms with van der Waals surface area (Å²) in [4.78, 5) is 12.0. The van der Waals surface area contributed by atoms with Gasteiger partial charge in [-0.2, -0.15) is 0 Å². The van der Waals surface area contributed by atoms with Gasteiger partial charge in [-0.05, 0) is 43.2 Å². The largest absolute Gasteiger partial charge is 0.352 e. The zero-order valence-corrected chi connectivity index (χ0v) is 13.9. The summed E-state index contributed by atoms with van der Waals surface area (Å²) in [5, 5.41) is 3.00. The molecule has 1 aromatic rings. The van der Waals surface area contributed by atoms with Gasteiger partial charge in [0.1, 0.15) is 0 Å². The van der Waals surface area contributed by atoms with Crippen LogP contribution in [0, 0.1) is 18.3 Å². The van der Waals surface area contributed by atoms with Gasteiger partial charge in [-0.25, -0.2) is 0 Å². The second kappa shape index (κ2) is 8.18. The highest BCUT2D eigenvalue weighted by atomic mass is 16.1. The smallest absolute Gasteiger partial charge is 0.220 e. The third-order valence-electron chi connectivity index (χ3n) is 4.07. The number of nitrogens with one attached hydrogen (secondary N) is 1. The first-order valence-corrected chi connectivity index (χ1v) is 7.85. The summed E-state index contributed by atoms with van der Waals surface area (Å²) in [6.07, 6.45) is 2.46. The molecule has 118 valence electrons. The van der Waals surface area contributed by atoms with E-state index in [4.69, 9.17) is 5.73 Å². The summed E-state index contributed by atoms with van der Waals surface area (Å²) in [6.45, 7) is 10.0. The predicted molar refractivity (Wildman–Crippen MR) is 88.9 cm³/mol. The Bertz CT molecular complexity index is 432. The number of rotatable bonds is 7. The van der Waals surface area contributed by atoms with Crippen LogP contribution in [-0.2, 0) is 11.3 Å². The molecule has 3 nitrogen and oxygen atoms in total. The zero-order chi connectivity index (χ0) is 15.9. The van der Waals surface area contributed by atoms with E-state index >= 15 is 0 Å². The highest BCUT2D eigenvalue weighted by molar-refractivity contribution is 5.75. The molecule has 0 heterocycles.